The Labute approximate surface area is 121 Å². The number of hydrogen-bond donors (Lipinski definition) is 2. The van der Waals surface area contributed by atoms with Crippen molar-refractivity contribution in [2.75, 3.05) is 13.7 Å². The summed E-state index contributed by atoms with van der Waals surface area (Å²) in [4.78, 5) is 11.8. The molecule has 20 heavy (non-hydrogen) atoms. The van der Waals surface area contributed by atoms with Crippen LogP contribution in [0.4, 0.5) is 0 Å². The molecule has 0 aliphatic carbocycles. The molecule has 0 saturated heterocycles. The molecular formula is C16H26N2O2. The minimum atomic E-state index is -0.122. The highest BCUT2D eigenvalue weighted by Crippen LogP contribution is 2.19. The number of ether oxygens (including phenoxy) is 1. The zero-order valence-corrected chi connectivity index (χ0v) is 12.9. The predicted molar refractivity (Wildman–Crippen MR) is 81.8 cm³/mol. The third-order valence-corrected chi connectivity index (χ3v) is 3.41. The van der Waals surface area contributed by atoms with E-state index in [0.29, 0.717) is 13.0 Å². The molecule has 1 unspecified atom stereocenters. The minimum Gasteiger partial charge on any atom is -0.497 e. The molecule has 1 aromatic carbocycles. The Kier molecular flexibility index (Phi) is 6.02. The number of carbonyl (C=O) groups is 1. The van der Waals surface area contributed by atoms with Gasteiger partial charge in [0.05, 0.1) is 7.11 Å². The predicted octanol–water partition coefficient (Wildman–Crippen LogP) is 2.12. The standard InChI is InChI=1S/C16H26N2O2/c1-16(2,3)14(17)11-15(19)18-10-9-12-5-7-13(20-4)8-6-12/h5-8,14H,9-11,17H2,1-4H3,(H,18,19). The SMILES string of the molecule is COc1ccc(CCNC(=O)CC(N)C(C)(C)C)cc1. The first-order valence-electron chi connectivity index (χ1n) is 6.98. The maximum absolute atomic E-state index is 11.8. The van der Waals surface area contributed by atoms with Gasteiger partial charge in [0.1, 0.15) is 5.75 Å². The highest BCUT2D eigenvalue weighted by atomic mass is 16.5. The van der Waals surface area contributed by atoms with Crippen LogP contribution in [0, 0.1) is 5.41 Å². The molecule has 0 aliphatic heterocycles. The van der Waals surface area contributed by atoms with Crippen LogP contribution in [-0.2, 0) is 11.2 Å². The molecule has 0 heterocycles. The fourth-order valence-electron chi connectivity index (χ4n) is 1.72. The van der Waals surface area contributed by atoms with E-state index >= 15 is 0 Å². The van der Waals surface area contributed by atoms with Crippen molar-refractivity contribution in [3.05, 3.63) is 29.8 Å². The lowest BCUT2D eigenvalue weighted by molar-refractivity contribution is -0.121. The average molecular weight is 278 g/mol. The van der Waals surface area contributed by atoms with Crippen molar-refractivity contribution >= 4 is 5.91 Å². The molecule has 0 bridgehead atoms. The molecule has 112 valence electrons. The maximum atomic E-state index is 11.8. The third kappa shape index (κ3) is 5.61. The number of rotatable bonds is 6. The van der Waals surface area contributed by atoms with Crippen molar-refractivity contribution in [2.24, 2.45) is 11.1 Å². The van der Waals surface area contributed by atoms with E-state index < -0.39 is 0 Å². The molecule has 0 fully saturated rings. The van der Waals surface area contributed by atoms with E-state index in [1.54, 1.807) is 7.11 Å². The first kappa shape index (κ1) is 16.5. The summed E-state index contributed by atoms with van der Waals surface area (Å²) in [5, 5.41) is 2.91. The van der Waals surface area contributed by atoms with Crippen molar-refractivity contribution in [2.45, 2.75) is 39.7 Å². The first-order chi connectivity index (χ1) is 9.32. The largest absolute Gasteiger partial charge is 0.497 e. The van der Waals surface area contributed by atoms with Gasteiger partial charge in [-0.05, 0) is 29.5 Å². The summed E-state index contributed by atoms with van der Waals surface area (Å²) in [6.45, 7) is 6.76. The van der Waals surface area contributed by atoms with Gasteiger partial charge in [-0.3, -0.25) is 4.79 Å². The van der Waals surface area contributed by atoms with Crippen molar-refractivity contribution in [3.8, 4) is 5.75 Å². The molecule has 1 aromatic rings. The van der Waals surface area contributed by atoms with Crippen molar-refractivity contribution in [1.29, 1.82) is 0 Å². The molecule has 1 amide bonds. The zero-order valence-electron chi connectivity index (χ0n) is 12.9. The average Bonchev–Trinajstić information content (AvgIpc) is 2.38. The van der Waals surface area contributed by atoms with E-state index in [1.165, 1.54) is 5.56 Å². The second kappa shape index (κ2) is 7.29. The summed E-state index contributed by atoms with van der Waals surface area (Å²) in [7, 11) is 1.65. The van der Waals surface area contributed by atoms with Crippen LogP contribution in [0.1, 0.15) is 32.8 Å². The number of nitrogens with one attached hydrogen (secondary N) is 1. The number of methoxy groups -OCH3 is 1. The Bertz CT molecular complexity index is 421. The molecule has 1 rings (SSSR count). The quantitative estimate of drug-likeness (QED) is 0.837. The van der Waals surface area contributed by atoms with Crippen LogP contribution in [0.2, 0.25) is 0 Å². The number of amides is 1. The van der Waals surface area contributed by atoms with Crippen LogP contribution in [0.3, 0.4) is 0 Å². The van der Waals surface area contributed by atoms with Gasteiger partial charge in [-0.2, -0.15) is 0 Å². The van der Waals surface area contributed by atoms with E-state index in [9.17, 15) is 4.79 Å². The topological polar surface area (TPSA) is 64.3 Å². The first-order valence-corrected chi connectivity index (χ1v) is 6.98. The van der Waals surface area contributed by atoms with Crippen LogP contribution in [0.5, 0.6) is 5.75 Å². The van der Waals surface area contributed by atoms with Gasteiger partial charge in [-0.25, -0.2) is 0 Å². The summed E-state index contributed by atoms with van der Waals surface area (Å²) < 4.78 is 5.10. The molecule has 0 radical (unpaired) electrons. The fraction of sp³-hybridized carbons (Fsp3) is 0.562. The van der Waals surface area contributed by atoms with E-state index in [4.69, 9.17) is 10.5 Å². The van der Waals surface area contributed by atoms with Crippen molar-refractivity contribution in [1.82, 2.24) is 5.32 Å². The van der Waals surface area contributed by atoms with E-state index in [1.807, 2.05) is 45.0 Å². The number of nitrogens with two attached hydrogens (primary N) is 1. The molecular weight excluding hydrogens is 252 g/mol. The number of benzene rings is 1. The lowest BCUT2D eigenvalue weighted by Crippen LogP contribution is -2.40. The monoisotopic (exact) mass is 278 g/mol. The Morgan fingerprint density at radius 2 is 1.90 bits per heavy atom. The lowest BCUT2D eigenvalue weighted by Gasteiger charge is -2.26. The smallest absolute Gasteiger partial charge is 0.221 e. The third-order valence-electron chi connectivity index (χ3n) is 3.41. The maximum Gasteiger partial charge on any atom is 0.221 e. The van der Waals surface area contributed by atoms with Crippen LogP contribution in [0.15, 0.2) is 24.3 Å². The van der Waals surface area contributed by atoms with Crippen molar-refractivity contribution in [3.63, 3.8) is 0 Å². The molecule has 0 aromatic heterocycles. The minimum absolute atomic E-state index is 0.0148. The highest BCUT2D eigenvalue weighted by molar-refractivity contribution is 5.76. The lowest BCUT2D eigenvalue weighted by atomic mass is 9.85. The molecule has 4 nitrogen and oxygen atoms in total. The summed E-state index contributed by atoms with van der Waals surface area (Å²) in [5.74, 6) is 0.856. The van der Waals surface area contributed by atoms with Crippen molar-refractivity contribution < 1.29 is 9.53 Å². The Hall–Kier alpha value is -1.55. The van der Waals surface area contributed by atoms with E-state index in [-0.39, 0.29) is 17.4 Å². The van der Waals surface area contributed by atoms with Gasteiger partial charge < -0.3 is 15.8 Å². The van der Waals surface area contributed by atoms with E-state index in [0.717, 1.165) is 12.2 Å². The van der Waals surface area contributed by atoms with Gasteiger partial charge >= 0.3 is 0 Å². The second-order valence-corrected chi connectivity index (χ2v) is 6.12. The number of hydrogen-bond acceptors (Lipinski definition) is 3. The summed E-state index contributed by atoms with van der Waals surface area (Å²) >= 11 is 0. The zero-order chi connectivity index (χ0) is 15.2. The summed E-state index contributed by atoms with van der Waals surface area (Å²) in [6.07, 6.45) is 1.17. The Morgan fingerprint density at radius 1 is 1.30 bits per heavy atom. The molecule has 4 heteroatoms. The van der Waals surface area contributed by atoms with Gasteiger partial charge in [0.25, 0.3) is 0 Å². The highest BCUT2D eigenvalue weighted by Gasteiger charge is 2.22. The molecule has 0 saturated carbocycles. The number of carbonyl (C=O) groups excluding carboxylic acids is 1. The van der Waals surface area contributed by atoms with Crippen LogP contribution in [-0.4, -0.2) is 25.6 Å². The van der Waals surface area contributed by atoms with Gasteiger partial charge in [0, 0.05) is 19.0 Å². The summed E-state index contributed by atoms with van der Waals surface area (Å²) in [6, 6.07) is 7.74. The fourth-order valence-corrected chi connectivity index (χ4v) is 1.72. The molecule has 0 aliphatic rings. The molecule has 0 spiro atoms. The van der Waals surface area contributed by atoms with Crippen LogP contribution >= 0.6 is 0 Å². The molecule has 1 atom stereocenters. The second-order valence-electron chi connectivity index (χ2n) is 6.12. The van der Waals surface area contributed by atoms with Gasteiger partial charge in [0.15, 0.2) is 0 Å². The van der Waals surface area contributed by atoms with Crippen LogP contribution < -0.4 is 15.8 Å². The Morgan fingerprint density at radius 3 is 2.40 bits per heavy atom. The van der Waals surface area contributed by atoms with E-state index in [2.05, 4.69) is 5.32 Å². The summed E-state index contributed by atoms with van der Waals surface area (Å²) in [5.41, 5.74) is 7.12. The van der Waals surface area contributed by atoms with Gasteiger partial charge in [0.2, 0.25) is 5.91 Å². The van der Waals surface area contributed by atoms with Gasteiger partial charge in [-0.15, -0.1) is 0 Å². The van der Waals surface area contributed by atoms with Crippen LogP contribution in [0.25, 0.3) is 0 Å². The van der Waals surface area contributed by atoms with Gasteiger partial charge in [-0.1, -0.05) is 32.9 Å². The normalized spacial score (nSPS) is 12.8. The Balaban J connectivity index is 2.31. The molecule has 3 N–H and O–H groups in total.